The third-order valence-electron chi connectivity index (χ3n) is 8.95. The van der Waals surface area contributed by atoms with Crippen LogP contribution in [-0.2, 0) is 19.1 Å². The van der Waals surface area contributed by atoms with Crippen molar-refractivity contribution >= 4 is 11.9 Å². The lowest BCUT2D eigenvalue weighted by Crippen LogP contribution is -2.28. The highest BCUT2D eigenvalue weighted by molar-refractivity contribution is 5.75. The third kappa shape index (κ3) is 16.8. The summed E-state index contributed by atoms with van der Waals surface area (Å²) in [5, 5.41) is 0. The van der Waals surface area contributed by atoms with E-state index in [-0.39, 0.29) is 23.8 Å². The third-order valence-corrected chi connectivity index (χ3v) is 8.95. The van der Waals surface area contributed by atoms with Crippen LogP contribution in [0.2, 0.25) is 0 Å². The van der Waals surface area contributed by atoms with Crippen molar-refractivity contribution in [1.29, 1.82) is 0 Å². The molecular formula is C34H64O4. The van der Waals surface area contributed by atoms with E-state index in [9.17, 15) is 9.59 Å². The van der Waals surface area contributed by atoms with E-state index in [4.69, 9.17) is 9.47 Å². The molecule has 0 aromatic heterocycles. The first-order valence-electron chi connectivity index (χ1n) is 16.6. The van der Waals surface area contributed by atoms with Gasteiger partial charge >= 0.3 is 11.9 Å². The number of hydrogen-bond donors (Lipinski definition) is 0. The summed E-state index contributed by atoms with van der Waals surface area (Å²) in [5.74, 6) is 2.69. The minimum atomic E-state index is -0.0599. The van der Waals surface area contributed by atoms with Gasteiger partial charge in [0, 0.05) is 0 Å². The normalized spacial score (nSPS) is 20.9. The van der Waals surface area contributed by atoms with Crippen molar-refractivity contribution in [2.45, 2.75) is 157 Å². The summed E-state index contributed by atoms with van der Waals surface area (Å²) in [4.78, 5) is 25.1. The second kappa shape index (κ2) is 21.7. The predicted molar refractivity (Wildman–Crippen MR) is 160 cm³/mol. The molecule has 4 atom stereocenters. The Bertz CT molecular complexity index is 543. The second-order valence-corrected chi connectivity index (χ2v) is 13.0. The molecule has 0 N–H and O–H groups in total. The van der Waals surface area contributed by atoms with Crippen molar-refractivity contribution in [3.05, 3.63) is 0 Å². The van der Waals surface area contributed by atoms with Crippen LogP contribution in [0.25, 0.3) is 0 Å². The number of rotatable bonds is 22. The molecule has 1 aliphatic carbocycles. The van der Waals surface area contributed by atoms with E-state index in [2.05, 4.69) is 41.5 Å². The van der Waals surface area contributed by atoms with Gasteiger partial charge in [-0.3, -0.25) is 9.59 Å². The van der Waals surface area contributed by atoms with E-state index in [1.807, 2.05) is 0 Å². The van der Waals surface area contributed by atoms with E-state index in [0.29, 0.717) is 25.0 Å². The van der Waals surface area contributed by atoms with Crippen molar-refractivity contribution < 1.29 is 19.1 Å². The minimum Gasteiger partial charge on any atom is -0.465 e. The van der Waals surface area contributed by atoms with Crippen molar-refractivity contribution in [1.82, 2.24) is 0 Å². The first kappa shape index (κ1) is 35.0. The molecule has 0 aromatic rings. The molecule has 1 aliphatic rings. The van der Waals surface area contributed by atoms with E-state index >= 15 is 0 Å². The van der Waals surface area contributed by atoms with Crippen LogP contribution in [0, 0.1) is 35.5 Å². The summed E-state index contributed by atoms with van der Waals surface area (Å²) < 4.78 is 11.3. The highest BCUT2D eigenvalue weighted by Crippen LogP contribution is 2.31. The number of carbonyl (C=O) groups excluding carboxylic acids is 2. The Morgan fingerprint density at radius 3 is 1.11 bits per heavy atom. The first-order chi connectivity index (χ1) is 18.3. The van der Waals surface area contributed by atoms with Crippen LogP contribution in [-0.4, -0.2) is 25.2 Å². The molecule has 4 unspecified atom stereocenters. The average Bonchev–Trinajstić information content (AvgIpc) is 2.89. The fourth-order valence-electron chi connectivity index (χ4n) is 6.06. The molecule has 0 saturated heterocycles. The standard InChI is InChI=1S/C34H64O4/c1-7-13-27(3)15-9-11-17-29(5)23-25-37-33(35)31-19-21-32(22-20-31)34(36)38-26-24-30(6)18-12-10-16-28(4)14-8-2/h27-32H,7-26H2,1-6H3. The van der Waals surface area contributed by atoms with Gasteiger partial charge in [-0.1, -0.05) is 119 Å². The maximum absolute atomic E-state index is 12.5. The molecule has 38 heavy (non-hydrogen) atoms. The molecule has 224 valence electrons. The zero-order chi connectivity index (χ0) is 28.2. The molecule has 4 nitrogen and oxygen atoms in total. The Kier molecular flexibility index (Phi) is 20.0. The first-order valence-corrected chi connectivity index (χ1v) is 16.6. The minimum absolute atomic E-state index is 0.0468. The van der Waals surface area contributed by atoms with Crippen LogP contribution < -0.4 is 0 Å². The average molecular weight is 537 g/mol. The van der Waals surface area contributed by atoms with Gasteiger partial charge < -0.3 is 9.47 Å². The maximum atomic E-state index is 12.5. The van der Waals surface area contributed by atoms with E-state index < -0.39 is 0 Å². The summed E-state index contributed by atoms with van der Waals surface area (Å²) >= 11 is 0. The summed E-state index contributed by atoms with van der Waals surface area (Å²) in [6.07, 6.45) is 20.4. The Morgan fingerprint density at radius 2 is 0.816 bits per heavy atom. The zero-order valence-corrected chi connectivity index (χ0v) is 26.2. The molecule has 0 aliphatic heterocycles. The van der Waals surface area contributed by atoms with Crippen molar-refractivity contribution in [2.75, 3.05) is 13.2 Å². The number of esters is 2. The lowest BCUT2D eigenvalue weighted by atomic mass is 9.82. The van der Waals surface area contributed by atoms with Gasteiger partial charge in [0.25, 0.3) is 0 Å². The predicted octanol–water partition coefficient (Wildman–Crippen LogP) is 9.92. The number of carbonyl (C=O) groups is 2. The highest BCUT2D eigenvalue weighted by Gasteiger charge is 2.31. The molecule has 0 radical (unpaired) electrons. The van der Waals surface area contributed by atoms with E-state index in [0.717, 1.165) is 50.4 Å². The largest absolute Gasteiger partial charge is 0.465 e. The van der Waals surface area contributed by atoms with Crippen LogP contribution in [0.3, 0.4) is 0 Å². The summed E-state index contributed by atoms with van der Waals surface area (Å²) in [7, 11) is 0. The molecular weight excluding hydrogens is 472 g/mol. The Labute approximate surface area is 236 Å². The van der Waals surface area contributed by atoms with Crippen LogP contribution in [0.15, 0.2) is 0 Å². The van der Waals surface area contributed by atoms with Crippen molar-refractivity contribution in [3.8, 4) is 0 Å². The Hall–Kier alpha value is -1.06. The molecule has 1 saturated carbocycles. The number of ether oxygens (including phenoxy) is 2. The van der Waals surface area contributed by atoms with Gasteiger partial charge in [0.15, 0.2) is 0 Å². The van der Waals surface area contributed by atoms with Gasteiger partial charge in [-0.2, -0.15) is 0 Å². The maximum Gasteiger partial charge on any atom is 0.308 e. The Morgan fingerprint density at radius 1 is 0.526 bits per heavy atom. The van der Waals surface area contributed by atoms with Gasteiger partial charge in [0.05, 0.1) is 25.0 Å². The molecule has 0 amide bonds. The quantitative estimate of drug-likeness (QED) is 0.102. The topological polar surface area (TPSA) is 52.6 Å². The smallest absolute Gasteiger partial charge is 0.308 e. The summed E-state index contributed by atoms with van der Waals surface area (Å²) in [6.45, 7) is 14.9. The van der Waals surface area contributed by atoms with E-state index in [1.54, 1.807) is 0 Å². The molecule has 1 fully saturated rings. The lowest BCUT2D eigenvalue weighted by Gasteiger charge is -2.26. The monoisotopic (exact) mass is 536 g/mol. The van der Waals surface area contributed by atoms with Gasteiger partial charge in [-0.25, -0.2) is 0 Å². The van der Waals surface area contributed by atoms with Gasteiger partial charge in [-0.15, -0.1) is 0 Å². The Balaban J connectivity index is 2.09. The second-order valence-electron chi connectivity index (χ2n) is 13.0. The molecule has 0 aromatic carbocycles. The highest BCUT2D eigenvalue weighted by atomic mass is 16.5. The summed E-state index contributed by atoms with van der Waals surface area (Å²) in [5.41, 5.74) is 0. The fourth-order valence-corrected chi connectivity index (χ4v) is 6.06. The van der Waals surface area contributed by atoms with Crippen LogP contribution in [0.4, 0.5) is 0 Å². The van der Waals surface area contributed by atoms with Gasteiger partial charge in [0.1, 0.15) is 0 Å². The molecule has 0 spiro atoms. The number of unbranched alkanes of at least 4 members (excludes halogenated alkanes) is 2. The van der Waals surface area contributed by atoms with Crippen molar-refractivity contribution in [3.63, 3.8) is 0 Å². The van der Waals surface area contributed by atoms with Crippen LogP contribution in [0.1, 0.15) is 157 Å². The molecule has 4 heteroatoms. The molecule has 0 bridgehead atoms. The fraction of sp³-hybridized carbons (Fsp3) is 0.941. The SMILES string of the molecule is CCCC(C)CCCCC(C)CCOC(=O)C1CCC(C(=O)OCCC(C)CCCCC(C)CCC)CC1. The summed E-state index contributed by atoms with van der Waals surface area (Å²) in [6, 6.07) is 0. The zero-order valence-electron chi connectivity index (χ0n) is 26.2. The van der Waals surface area contributed by atoms with Crippen LogP contribution >= 0.6 is 0 Å². The van der Waals surface area contributed by atoms with Crippen molar-refractivity contribution in [2.24, 2.45) is 35.5 Å². The van der Waals surface area contributed by atoms with Gasteiger partial charge in [-0.05, 0) is 62.2 Å². The van der Waals surface area contributed by atoms with E-state index in [1.165, 1.54) is 77.0 Å². The van der Waals surface area contributed by atoms with Crippen LogP contribution in [0.5, 0.6) is 0 Å². The van der Waals surface area contributed by atoms with Gasteiger partial charge in [0.2, 0.25) is 0 Å². The molecule has 0 heterocycles. The molecule has 1 rings (SSSR count). The number of hydrogen-bond acceptors (Lipinski definition) is 4. The lowest BCUT2D eigenvalue weighted by molar-refractivity contribution is -0.155.